The number of rotatable bonds is 6. The van der Waals surface area contributed by atoms with Crippen LogP contribution >= 0.6 is 34.7 Å². The number of benzene rings is 2. The van der Waals surface area contributed by atoms with E-state index in [9.17, 15) is 9.18 Å². The summed E-state index contributed by atoms with van der Waals surface area (Å²) in [4.78, 5) is 12.3. The molecule has 1 atom stereocenters. The number of para-hydroxylation sites is 1. The first-order chi connectivity index (χ1) is 12.5. The monoisotopic (exact) mass is 408 g/mol. The first-order valence-corrected chi connectivity index (χ1v) is 9.67. The fourth-order valence-electron chi connectivity index (χ4n) is 1.98. The van der Waals surface area contributed by atoms with Gasteiger partial charge in [-0.15, -0.1) is 10.2 Å². The molecule has 0 aliphatic rings. The second-order valence-electron chi connectivity index (χ2n) is 5.24. The summed E-state index contributed by atoms with van der Waals surface area (Å²) in [5, 5.41) is 14.3. The maximum atomic E-state index is 13.8. The molecule has 2 aromatic carbocycles. The summed E-state index contributed by atoms with van der Waals surface area (Å²) >= 11 is 8.31. The van der Waals surface area contributed by atoms with E-state index < -0.39 is 11.1 Å². The number of hydrogen-bond acceptors (Lipinski definition) is 6. The Kier molecular flexibility index (Phi) is 6.08. The Morgan fingerprint density at radius 2 is 2.00 bits per heavy atom. The van der Waals surface area contributed by atoms with Crippen molar-refractivity contribution >= 4 is 57.1 Å². The number of nitrogens with one attached hydrogen (secondary N) is 2. The molecule has 0 spiro atoms. The summed E-state index contributed by atoms with van der Waals surface area (Å²) in [6, 6.07) is 13.7. The molecule has 1 amide bonds. The van der Waals surface area contributed by atoms with Crippen LogP contribution < -0.4 is 10.6 Å². The Hall–Kier alpha value is -2.16. The van der Waals surface area contributed by atoms with Gasteiger partial charge in [0.15, 0.2) is 4.34 Å². The van der Waals surface area contributed by atoms with Gasteiger partial charge in [0.05, 0.1) is 10.9 Å². The van der Waals surface area contributed by atoms with Gasteiger partial charge in [-0.3, -0.25) is 4.79 Å². The van der Waals surface area contributed by atoms with Crippen molar-refractivity contribution in [1.29, 1.82) is 0 Å². The van der Waals surface area contributed by atoms with E-state index in [-0.39, 0.29) is 16.6 Å². The Morgan fingerprint density at radius 3 is 2.73 bits per heavy atom. The molecule has 3 aromatic rings. The maximum absolute atomic E-state index is 13.8. The van der Waals surface area contributed by atoms with Crippen molar-refractivity contribution in [1.82, 2.24) is 10.2 Å². The number of anilines is 3. The predicted molar refractivity (Wildman–Crippen MR) is 105 cm³/mol. The number of hydrogen-bond donors (Lipinski definition) is 2. The Balaban J connectivity index is 1.59. The SMILES string of the molecule is C[C@@H](Sc1nnc(Nc2ccccc2)s1)C(=O)Nc1ccc(Cl)cc1F. The molecule has 0 saturated heterocycles. The van der Waals surface area contributed by atoms with Gasteiger partial charge in [0.2, 0.25) is 11.0 Å². The fourth-order valence-corrected chi connectivity index (χ4v) is 4.06. The molecule has 5 nitrogen and oxygen atoms in total. The number of nitrogens with zero attached hydrogens (tertiary/aromatic N) is 2. The second-order valence-corrected chi connectivity index (χ2v) is 8.24. The minimum Gasteiger partial charge on any atom is -0.330 e. The van der Waals surface area contributed by atoms with Crippen LogP contribution in [0.15, 0.2) is 52.9 Å². The van der Waals surface area contributed by atoms with Crippen molar-refractivity contribution in [2.45, 2.75) is 16.5 Å². The van der Waals surface area contributed by atoms with E-state index in [4.69, 9.17) is 11.6 Å². The zero-order chi connectivity index (χ0) is 18.5. The fraction of sp³-hybridized carbons (Fsp3) is 0.118. The number of carbonyl (C=O) groups is 1. The first-order valence-electron chi connectivity index (χ1n) is 7.59. The van der Waals surface area contributed by atoms with Crippen LogP contribution in [0.4, 0.5) is 20.9 Å². The topological polar surface area (TPSA) is 66.9 Å². The number of halogens is 2. The van der Waals surface area contributed by atoms with Gasteiger partial charge < -0.3 is 10.6 Å². The van der Waals surface area contributed by atoms with Gasteiger partial charge in [-0.25, -0.2) is 4.39 Å². The lowest BCUT2D eigenvalue weighted by Crippen LogP contribution is -2.22. The Morgan fingerprint density at radius 1 is 1.23 bits per heavy atom. The van der Waals surface area contributed by atoms with Crippen LogP contribution in [0.3, 0.4) is 0 Å². The van der Waals surface area contributed by atoms with E-state index in [1.165, 1.54) is 35.2 Å². The first kappa shape index (κ1) is 18.6. The highest BCUT2D eigenvalue weighted by Crippen LogP contribution is 2.31. The lowest BCUT2D eigenvalue weighted by atomic mass is 10.3. The average molecular weight is 409 g/mol. The summed E-state index contributed by atoms with van der Waals surface area (Å²) in [6.07, 6.45) is 0. The zero-order valence-electron chi connectivity index (χ0n) is 13.6. The largest absolute Gasteiger partial charge is 0.330 e. The van der Waals surface area contributed by atoms with E-state index in [0.29, 0.717) is 9.47 Å². The molecular formula is C17H14ClFN4OS2. The second kappa shape index (κ2) is 8.48. The normalized spacial score (nSPS) is 11.8. The smallest absolute Gasteiger partial charge is 0.237 e. The van der Waals surface area contributed by atoms with Crippen LogP contribution in [-0.2, 0) is 4.79 Å². The minimum atomic E-state index is -0.576. The molecule has 0 bridgehead atoms. The van der Waals surface area contributed by atoms with Gasteiger partial charge in [0, 0.05) is 10.7 Å². The third-order valence-electron chi connectivity index (χ3n) is 3.27. The van der Waals surface area contributed by atoms with Crippen molar-refractivity contribution in [2.24, 2.45) is 0 Å². The van der Waals surface area contributed by atoms with E-state index in [2.05, 4.69) is 20.8 Å². The van der Waals surface area contributed by atoms with Crippen LogP contribution in [0.5, 0.6) is 0 Å². The van der Waals surface area contributed by atoms with Gasteiger partial charge in [0.1, 0.15) is 5.82 Å². The summed E-state index contributed by atoms with van der Waals surface area (Å²) in [5.41, 5.74) is 1.000. The molecule has 0 unspecified atom stereocenters. The molecule has 3 rings (SSSR count). The summed E-state index contributed by atoms with van der Waals surface area (Å²) in [5.74, 6) is -0.905. The van der Waals surface area contributed by atoms with Crippen LogP contribution in [0.2, 0.25) is 5.02 Å². The molecule has 0 radical (unpaired) electrons. The molecule has 26 heavy (non-hydrogen) atoms. The van der Waals surface area contributed by atoms with Crippen LogP contribution in [-0.4, -0.2) is 21.4 Å². The Bertz CT molecular complexity index is 907. The molecule has 2 N–H and O–H groups in total. The summed E-state index contributed by atoms with van der Waals surface area (Å²) in [7, 11) is 0. The highest BCUT2D eigenvalue weighted by Gasteiger charge is 2.18. The quantitative estimate of drug-likeness (QED) is 0.549. The number of amides is 1. The maximum Gasteiger partial charge on any atom is 0.237 e. The number of aromatic nitrogens is 2. The molecule has 0 saturated carbocycles. The van der Waals surface area contributed by atoms with Crippen LogP contribution in [0, 0.1) is 5.82 Å². The standard InChI is InChI=1S/C17H14ClFN4OS2/c1-10(15(24)21-14-8-7-11(18)9-13(14)19)25-17-23-22-16(26-17)20-12-5-3-2-4-6-12/h2-10H,1H3,(H,20,22)(H,21,24)/t10-/m1/s1. The highest BCUT2D eigenvalue weighted by molar-refractivity contribution is 8.02. The van der Waals surface area contributed by atoms with Crippen LogP contribution in [0.25, 0.3) is 0 Å². The molecule has 0 aliphatic carbocycles. The van der Waals surface area contributed by atoms with Gasteiger partial charge in [-0.2, -0.15) is 0 Å². The van der Waals surface area contributed by atoms with Crippen molar-refractivity contribution in [3.05, 3.63) is 59.4 Å². The molecule has 9 heteroatoms. The minimum absolute atomic E-state index is 0.0931. The molecule has 0 aliphatic heterocycles. The van der Waals surface area contributed by atoms with Gasteiger partial charge in [0.25, 0.3) is 0 Å². The van der Waals surface area contributed by atoms with E-state index in [0.717, 1.165) is 11.8 Å². The van der Waals surface area contributed by atoms with Gasteiger partial charge in [-0.1, -0.05) is 52.9 Å². The highest BCUT2D eigenvalue weighted by atomic mass is 35.5. The third-order valence-corrected chi connectivity index (χ3v) is 5.53. The van der Waals surface area contributed by atoms with Crippen LogP contribution in [0.1, 0.15) is 6.92 Å². The molecule has 1 heterocycles. The van der Waals surface area contributed by atoms with Crippen molar-refractivity contribution in [2.75, 3.05) is 10.6 Å². The van der Waals surface area contributed by atoms with Crippen molar-refractivity contribution < 1.29 is 9.18 Å². The summed E-state index contributed by atoms with van der Waals surface area (Å²) < 4.78 is 14.4. The molecule has 134 valence electrons. The van der Waals surface area contributed by atoms with E-state index >= 15 is 0 Å². The van der Waals surface area contributed by atoms with Crippen molar-refractivity contribution in [3.63, 3.8) is 0 Å². The molecule has 0 fully saturated rings. The number of thioether (sulfide) groups is 1. The summed E-state index contributed by atoms with van der Waals surface area (Å²) in [6.45, 7) is 1.72. The van der Waals surface area contributed by atoms with Gasteiger partial charge in [-0.05, 0) is 37.3 Å². The molecular weight excluding hydrogens is 395 g/mol. The van der Waals surface area contributed by atoms with E-state index in [1.54, 1.807) is 6.92 Å². The Labute approximate surface area is 163 Å². The van der Waals surface area contributed by atoms with Crippen molar-refractivity contribution in [3.8, 4) is 0 Å². The average Bonchev–Trinajstić information content (AvgIpc) is 3.05. The lowest BCUT2D eigenvalue weighted by Gasteiger charge is -2.11. The zero-order valence-corrected chi connectivity index (χ0v) is 16.0. The van der Waals surface area contributed by atoms with Gasteiger partial charge >= 0.3 is 0 Å². The third kappa shape index (κ3) is 4.94. The lowest BCUT2D eigenvalue weighted by molar-refractivity contribution is -0.115. The predicted octanol–water partition coefficient (Wildman–Crippen LogP) is 5.19. The van der Waals surface area contributed by atoms with E-state index in [1.807, 2.05) is 30.3 Å². The number of carbonyl (C=O) groups excluding carboxylic acids is 1. The molecule has 1 aromatic heterocycles.